The molecular formula is C28H33N7O2S. The van der Waals surface area contributed by atoms with E-state index < -0.39 is 0 Å². The summed E-state index contributed by atoms with van der Waals surface area (Å²) in [5.41, 5.74) is 3.07. The van der Waals surface area contributed by atoms with Crippen molar-refractivity contribution in [2.45, 2.75) is 39.0 Å². The number of benzene rings is 1. The van der Waals surface area contributed by atoms with E-state index >= 15 is 0 Å². The highest BCUT2D eigenvalue weighted by Crippen LogP contribution is 2.42. The standard InChI is InChI=1S/C28H33N7O2S/c1-2-37-23-13-21-19(14-31-33-21)11-22(23)32-26-25-20-6-5-18(12-24(20)38-27(25)30-16-29-26)28(36)35-9-7-34(8-10-35)15-17-3-4-17/h11,13-14,16-18H,2-10,12,15H2,1H3,(H,31,33)(H,29,30,32)/t18-/m0/s1. The third-order valence-corrected chi connectivity index (χ3v) is 9.35. The van der Waals surface area contributed by atoms with E-state index in [9.17, 15) is 4.79 Å². The van der Waals surface area contributed by atoms with Gasteiger partial charge in [-0.25, -0.2) is 9.97 Å². The number of carbonyl (C=O) groups excluding carboxylic acids is 1. The quantitative estimate of drug-likeness (QED) is 0.365. The summed E-state index contributed by atoms with van der Waals surface area (Å²) in [4.78, 5) is 29.6. The summed E-state index contributed by atoms with van der Waals surface area (Å²) in [7, 11) is 0. The number of hydrogen-bond acceptors (Lipinski definition) is 8. The second-order valence-corrected chi connectivity index (χ2v) is 11.9. The minimum absolute atomic E-state index is 0.0583. The van der Waals surface area contributed by atoms with E-state index in [2.05, 4.69) is 35.3 Å². The fourth-order valence-corrected chi connectivity index (χ4v) is 7.23. The largest absolute Gasteiger partial charge is 0.492 e. The third-order valence-electron chi connectivity index (χ3n) is 8.19. The molecule has 1 saturated carbocycles. The van der Waals surface area contributed by atoms with E-state index in [0.717, 1.165) is 89.7 Å². The van der Waals surface area contributed by atoms with Crippen molar-refractivity contribution in [3.63, 3.8) is 0 Å². The normalized spacial score (nSPS) is 20.1. The molecule has 3 aromatic heterocycles. The molecule has 7 rings (SSSR count). The van der Waals surface area contributed by atoms with Gasteiger partial charge in [0.2, 0.25) is 5.91 Å². The Morgan fingerprint density at radius 1 is 1.18 bits per heavy atom. The lowest BCUT2D eigenvalue weighted by molar-refractivity contribution is -0.137. The molecule has 1 saturated heterocycles. The number of nitrogens with zero attached hydrogens (tertiary/aromatic N) is 5. The summed E-state index contributed by atoms with van der Waals surface area (Å²) in [5.74, 6) is 2.83. The molecule has 0 unspecified atom stereocenters. The minimum atomic E-state index is 0.0583. The van der Waals surface area contributed by atoms with E-state index in [1.165, 1.54) is 29.8 Å². The second kappa shape index (κ2) is 9.81. The van der Waals surface area contributed by atoms with Crippen LogP contribution in [0.25, 0.3) is 21.1 Å². The van der Waals surface area contributed by atoms with Crippen LogP contribution in [0.2, 0.25) is 0 Å². The van der Waals surface area contributed by atoms with Gasteiger partial charge in [0.05, 0.1) is 29.4 Å². The monoisotopic (exact) mass is 531 g/mol. The molecule has 0 radical (unpaired) electrons. The Hall–Kier alpha value is -3.24. The Bertz CT molecular complexity index is 1490. The number of thiophene rings is 1. The molecule has 1 aromatic carbocycles. The minimum Gasteiger partial charge on any atom is -0.492 e. The van der Waals surface area contributed by atoms with Crippen LogP contribution in [0.4, 0.5) is 11.5 Å². The first-order chi connectivity index (χ1) is 18.7. The zero-order chi connectivity index (χ0) is 25.6. The van der Waals surface area contributed by atoms with Gasteiger partial charge in [0, 0.05) is 55.0 Å². The van der Waals surface area contributed by atoms with Crippen LogP contribution in [0.3, 0.4) is 0 Å². The number of aromatic nitrogens is 4. The number of nitrogens with one attached hydrogen (secondary N) is 2. The van der Waals surface area contributed by atoms with Crippen LogP contribution >= 0.6 is 11.3 Å². The van der Waals surface area contributed by atoms with Crippen molar-refractivity contribution in [3.05, 3.63) is 35.1 Å². The average molecular weight is 532 g/mol. The highest BCUT2D eigenvalue weighted by molar-refractivity contribution is 7.19. The van der Waals surface area contributed by atoms with E-state index in [-0.39, 0.29) is 5.92 Å². The zero-order valence-corrected chi connectivity index (χ0v) is 22.5. The molecule has 1 atom stereocenters. The van der Waals surface area contributed by atoms with Crippen molar-refractivity contribution in [2.75, 3.05) is 44.6 Å². The van der Waals surface area contributed by atoms with Gasteiger partial charge in [-0.3, -0.25) is 14.8 Å². The predicted molar refractivity (Wildman–Crippen MR) is 149 cm³/mol. The maximum absolute atomic E-state index is 13.5. The smallest absolute Gasteiger partial charge is 0.226 e. The number of hydrogen-bond donors (Lipinski definition) is 2. The number of aryl methyl sites for hydroxylation is 1. The number of rotatable bonds is 7. The van der Waals surface area contributed by atoms with E-state index in [4.69, 9.17) is 4.74 Å². The number of ether oxygens (including phenoxy) is 1. The lowest BCUT2D eigenvalue weighted by Crippen LogP contribution is -2.51. The molecule has 4 heterocycles. The van der Waals surface area contributed by atoms with Gasteiger partial charge in [-0.1, -0.05) is 0 Å². The Labute approximate surface area is 225 Å². The summed E-state index contributed by atoms with van der Waals surface area (Å²) in [6, 6.07) is 4.01. The topological polar surface area (TPSA) is 99.3 Å². The highest BCUT2D eigenvalue weighted by Gasteiger charge is 2.34. The van der Waals surface area contributed by atoms with Gasteiger partial charge < -0.3 is 15.0 Å². The van der Waals surface area contributed by atoms with Crippen LogP contribution in [0, 0.1) is 11.8 Å². The molecule has 1 amide bonds. The molecule has 0 spiro atoms. The molecule has 10 heteroatoms. The first kappa shape index (κ1) is 23.8. The number of piperazine rings is 1. The van der Waals surface area contributed by atoms with Crippen LogP contribution in [0.15, 0.2) is 24.7 Å². The molecule has 198 valence electrons. The average Bonchev–Trinajstić information content (AvgIpc) is 3.49. The van der Waals surface area contributed by atoms with Crippen LogP contribution in [0.1, 0.15) is 36.6 Å². The van der Waals surface area contributed by atoms with Crippen LogP contribution < -0.4 is 10.1 Å². The number of fused-ring (bicyclic) bond motifs is 4. The summed E-state index contributed by atoms with van der Waals surface area (Å²) < 4.78 is 5.92. The zero-order valence-electron chi connectivity index (χ0n) is 21.7. The molecule has 4 aromatic rings. The van der Waals surface area contributed by atoms with E-state index in [1.807, 2.05) is 25.3 Å². The van der Waals surface area contributed by atoms with Crippen molar-refractivity contribution < 1.29 is 9.53 Å². The van der Waals surface area contributed by atoms with Gasteiger partial charge in [0.25, 0.3) is 0 Å². The maximum atomic E-state index is 13.5. The first-order valence-electron chi connectivity index (χ1n) is 13.8. The Morgan fingerprint density at radius 2 is 2.05 bits per heavy atom. The summed E-state index contributed by atoms with van der Waals surface area (Å²) >= 11 is 1.71. The summed E-state index contributed by atoms with van der Waals surface area (Å²) in [5, 5.41) is 12.8. The number of H-pyrrole nitrogens is 1. The van der Waals surface area contributed by atoms with Gasteiger partial charge in [0.15, 0.2) is 0 Å². The number of carbonyl (C=O) groups is 1. The molecule has 0 bridgehead atoms. The van der Waals surface area contributed by atoms with Gasteiger partial charge in [-0.15, -0.1) is 11.3 Å². The highest BCUT2D eigenvalue weighted by atomic mass is 32.1. The maximum Gasteiger partial charge on any atom is 0.226 e. The molecule has 38 heavy (non-hydrogen) atoms. The number of aromatic amines is 1. The van der Waals surface area contributed by atoms with Crippen molar-refractivity contribution in [1.82, 2.24) is 30.0 Å². The van der Waals surface area contributed by atoms with Crippen LogP contribution in [-0.2, 0) is 17.6 Å². The fourth-order valence-electron chi connectivity index (χ4n) is 5.96. The van der Waals surface area contributed by atoms with Crippen molar-refractivity contribution in [3.8, 4) is 5.75 Å². The molecule has 2 N–H and O–H groups in total. The van der Waals surface area contributed by atoms with Gasteiger partial charge in [-0.05, 0) is 56.6 Å². The Balaban J connectivity index is 1.11. The molecule has 1 aliphatic heterocycles. The van der Waals surface area contributed by atoms with Crippen LogP contribution in [-0.4, -0.2) is 75.2 Å². The summed E-state index contributed by atoms with van der Waals surface area (Å²) in [6.07, 6.45) is 8.73. The van der Waals surface area contributed by atoms with Gasteiger partial charge in [-0.2, -0.15) is 5.10 Å². The van der Waals surface area contributed by atoms with Crippen LogP contribution in [0.5, 0.6) is 5.75 Å². The molecule has 2 aliphatic carbocycles. The Kier molecular flexibility index (Phi) is 6.16. The number of amides is 1. The van der Waals surface area contributed by atoms with E-state index in [0.29, 0.717) is 12.5 Å². The van der Waals surface area contributed by atoms with Crippen molar-refractivity contribution in [1.29, 1.82) is 0 Å². The molecule has 3 aliphatic rings. The molecule has 2 fully saturated rings. The SMILES string of the molecule is CCOc1cc2[nH]ncc2cc1Nc1ncnc2sc3c(c12)CC[C@H](C(=O)N1CCN(CC2CC2)CC1)C3. The predicted octanol–water partition coefficient (Wildman–Crippen LogP) is 4.37. The van der Waals surface area contributed by atoms with Crippen molar-refractivity contribution in [2.24, 2.45) is 11.8 Å². The second-order valence-electron chi connectivity index (χ2n) is 10.8. The first-order valence-corrected chi connectivity index (χ1v) is 14.6. The molecular weight excluding hydrogens is 498 g/mol. The molecule has 9 nitrogen and oxygen atoms in total. The number of anilines is 2. The fraction of sp³-hybridized carbons (Fsp3) is 0.500. The lowest BCUT2D eigenvalue weighted by Gasteiger charge is -2.37. The third kappa shape index (κ3) is 4.49. The lowest BCUT2D eigenvalue weighted by atomic mass is 9.86. The Morgan fingerprint density at radius 3 is 2.87 bits per heavy atom. The van der Waals surface area contributed by atoms with Gasteiger partial charge >= 0.3 is 0 Å². The summed E-state index contributed by atoms with van der Waals surface area (Å²) in [6.45, 7) is 7.52. The van der Waals surface area contributed by atoms with Gasteiger partial charge in [0.1, 0.15) is 22.7 Å². The van der Waals surface area contributed by atoms with E-state index in [1.54, 1.807) is 17.7 Å². The van der Waals surface area contributed by atoms with Crippen molar-refractivity contribution >= 4 is 49.9 Å².